The number of benzene rings is 2. The summed E-state index contributed by atoms with van der Waals surface area (Å²) in [5, 5.41) is 0. The van der Waals surface area contributed by atoms with E-state index in [1.54, 1.807) is 0 Å². The quantitative estimate of drug-likeness (QED) is 0.778. The predicted molar refractivity (Wildman–Crippen MR) is 88.4 cm³/mol. The zero-order valence-corrected chi connectivity index (χ0v) is 12.5. The molecule has 2 nitrogen and oxygen atoms in total. The molecule has 2 aromatic carbocycles. The molecule has 0 atom stereocenters. The third-order valence-corrected chi connectivity index (χ3v) is 3.95. The van der Waals surface area contributed by atoms with Gasteiger partial charge in [-0.05, 0) is 41.3 Å². The first-order valence-electron chi connectivity index (χ1n) is 7.26. The van der Waals surface area contributed by atoms with Crippen molar-refractivity contribution < 1.29 is 4.79 Å². The molecule has 106 valence electrons. The number of ketones is 1. The Bertz CT molecular complexity index is 696. The van der Waals surface area contributed by atoms with Gasteiger partial charge < -0.3 is 4.90 Å². The van der Waals surface area contributed by atoms with E-state index >= 15 is 0 Å². The van der Waals surface area contributed by atoms with Gasteiger partial charge >= 0.3 is 0 Å². The molecule has 2 aromatic rings. The Labute approximate surface area is 125 Å². The number of hydrogen-bond acceptors (Lipinski definition) is 2. The Kier molecular flexibility index (Phi) is 3.61. The molecular weight excluding hydrogens is 258 g/mol. The van der Waals surface area contributed by atoms with Crippen molar-refractivity contribution in [3.63, 3.8) is 0 Å². The Morgan fingerprint density at radius 3 is 2.38 bits per heavy atom. The van der Waals surface area contributed by atoms with Crippen LogP contribution >= 0.6 is 0 Å². The third-order valence-electron chi connectivity index (χ3n) is 3.95. The van der Waals surface area contributed by atoms with Crippen LogP contribution < -0.4 is 4.90 Å². The number of carbonyl (C=O) groups excluding carboxylic acids is 1. The fraction of sp³-hybridized carbons (Fsp3) is 0.211. The van der Waals surface area contributed by atoms with Gasteiger partial charge in [0.1, 0.15) is 0 Å². The van der Waals surface area contributed by atoms with Gasteiger partial charge in [0.15, 0.2) is 5.78 Å². The lowest BCUT2D eigenvalue weighted by Crippen LogP contribution is -2.12. The van der Waals surface area contributed by atoms with Crippen molar-refractivity contribution in [1.29, 1.82) is 0 Å². The molecule has 0 saturated heterocycles. The standard InChI is InChI=1S/C19H19NO/c1-20(2)16-10-7-14(8-11-16)13-18-17-6-4-3-5-15(17)9-12-19(18)21/h3-8,10-11,13H,9,12H2,1-2H3/b18-13+. The smallest absolute Gasteiger partial charge is 0.163 e. The molecular formula is C19H19NO. The van der Waals surface area contributed by atoms with Gasteiger partial charge in [-0.15, -0.1) is 0 Å². The average Bonchev–Trinajstić information content (AvgIpc) is 2.51. The molecule has 21 heavy (non-hydrogen) atoms. The Morgan fingerprint density at radius 2 is 1.67 bits per heavy atom. The summed E-state index contributed by atoms with van der Waals surface area (Å²) >= 11 is 0. The number of allylic oxidation sites excluding steroid dienone is 1. The van der Waals surface area contributed by atoms with Crippen molar-refractivity contribution in [2.75, 3.05) is 19.0 Å². The summed E-state index contributed by atoms with van der Waals surface area (Å²) in [4.78, 5) is 14.3. The number of rotatable bonds is 2. The lowest BCUT2D eigenvalue weighted by molar-refractivity contribution is -0.113. The van der Waals surface area contributed by atoms with Gasteiger partial charge in [-0.1, -0.05) is 36.4 Å². The van der Waals surface area contributed by atoms with Crippen LogP contribution in [-0.4, -0.2) is 19.9 Å². The average molecular weight is 277 g/mol. The number of carbonyl (C=O) groups is 1. The second kappa shape index (κ2) is 5.57. The van der Waals surface area contributed by atoms with Crippen LogP contribution in [0.25, 0.3) is 11.6 Å². The summed E-state index contributed by atoms with van der Waals surface area (Å²) in [6, 6.07) is 16.5. The van der Waals surface area contributed by atoms with Crippen LogP contribution in [0.4, 0.5) is 5.69 Å². The van der Waals surface area contributed by atoms with Crippen molar-refractivity contribution >= 4 is 23.1 Å². The predicted octanol–water partition coefficient (Wildman–Crippen LogP) is 3.81. The van der Waals surface area contributed by atoms with E-state index in [9.17, 15) is 4.79 Å². The van der Waals surface area contributed by atoms with Crippen LogP contribution in [0.15, 0.2) is 48.5 Å². The van der Waals surface area contributed by atoms with E-state index < -0.39 is 0 Å². The molecule has 2 heteroatoms. The first-order valence-corrected chi connectivity index (χ1v) is 7.26. The molecule has 0 fully saturated rings. The van der Waals surface area contributed by atoms with E-state index in [4.69, 9.17) is 0 Å². The molecule has 0 heterocycles. The van der Waals surface area contributed by atoms with Crippen LogP contribution in [0.1, 0.15) is 23.1 Å². The third kappa shape index (κ3) is 2.75. The highest BCUT2D eigenvalue weighted by Gasteiger charge is 2.20. The monoisotopic (exact) mass is 277 g/mol. The van der Waals surface area contributed by atoms with Crippen molar-refractivity contribution in [2.45, 2.75) is 12.8 Å². The highest BCUT2D eigenvalue weighted by molar-refractivity contribution is 6.26. The summed E-state index contributed by atoms with van der Waals surface area (Å²) in [5.74, 6) is 0.241. The van der Waals surface area contributed by atoms with Crippen LogP contribution in [0.2, 0.25) is 0 Å². The van der Waals surface area contributed by atoms with Crippen LogP contribution in [0.3, 0.4) is 0 Å². The number of aryl methyl sites for hydroxylation is 1. The summed E-state index contributed by atoms with van der Waals surface area (Å²) in [5.41, 5.74) is 5.43. The minimum absolute atomic E-state index is 0.241. The maximum absolute atomic E-state index is 12.3. The summed E-state index contributed by atoms with van der Waals surface area (Å²) in [7, 11) is 4.04. The van der Waals surface area contributed by atoms with Gasteiger partial charge in [-0.2, -0.15) is 0 Å². The van der Waals surface area contributed by atoms with E-state index in [2.05, 4.69) is 35.2 Å². The number of anilines is 1. The fourth-order valence-corrected chi connectivity index (χ4v) is 2.73. The molecule has 0 bridgehead atoms. The topological polar surface area (TPSA) is 20.3 Å². The first-order chi connectivity index (χ1) is 10.1. The van der Waals surface area contributed by atoms with E-state index in [-0.39, 0.29) is 5.78 Å². The number of fused-ring (bicyclic) bond motifs is 1. The van der Waals surface area contributed by atoms with E-state index in [0.29, 0.717) is 6.42 Å². The Morgan fingerprint density at radius 1 is 0.952 bits per heavy atom. The minimum atomic E-state index is 0.241. The number of nitrogens with zero attached hydrogens (tertiary/aromatic N) is 1. The molecule has 0 radical (unpaired) electrons. The highest BCUT2D eigenvalue weighted by atomic mass is 16.1. The minimum Gasteiger partial charge on any atom is -0.378 e. The van der Waals surface area contributed by atoms with Crippen LogP contribution in [0.5, 0.6) is 0 Å². The van der Waals surface area contributed by atoms with Gasteiger partial charge in [0.05, 0.1) is 0 Å². The normalized spacial score (nSPS) is 15.9. The van der Waals surface area contributed by atoms with Gasteiger partial charge in [0, 0.05) is 31.8 Å². The number of hydrogen-bond donors (Lipinski definition) is 0. The molecule has 0 saturated carbocycles. The van der Waals surface area contributed by atoms with E-state index in [0.717, 1.165) is 28.8 Å². The largest absolute Gasteiger partial charge is 0.378 e. The van der Waals surface area contributed by atoms with Crippen molar-refractivity contribution in [2.24, 2.45) is 0 Å². The summed E-state index contributed by atoms with van der Waals surface area (Å²) in [6.07, 6.45) is 3.48. The molecule has 1 aliphatic carbocycles. The molecule has 0 unspecified atom stereocenters. The maximum Gasteiger partial charge on any atom is 0.163 e. The Balaban J connectivity index is 2.00. The van der Waals surface area contributed by atoms with Gasteiger partial charge in [-0.25, -0.2) is 0 Å². The molecule has 0 aliphatic heterocycles. The second-order valence-corrected chi connectivity index (χ2v) is 5.62. The SMILES string of the molecule is CN(C)c1ccc(/C=C2/C(=O)CCc3ccccc32)cc1. The van der Waals surface area contributed by atoms with Crippen molar-refractivity contribution in [3.05, 3.63) is 65.2 Å². The van der Waals surface area contributed by atoms with Gasteiger partial charge in [0.25, 0.3) is 0 Å². The molecule has 1 aliphatic rings. The number of Topliss-reactive ketones (excluding diaryl/α,β-unsaturated/α-hetero) is 1. The van der Waals surface area contributed by atoms with Crippen molar-refractivity contribution in [1.82, 2.24) is 0 Å². The molecule has 0 aromatic heterocycles. The van der Waals surface area contributed by atoms with E-state index in [1.165, 1.54) is 5.56 Å². The van der Waals surface area contributed by atoms with Crippen LogP contribution in [0, 0.1) is 0 Å². The molecule has 0 N–H and O–H groups in total. The maximum atomic E-state index is 12.3. The first kappa shape index (κ1) is 13.6. The van der Waals surface area contributed by atoms with E-state index in [1.807, 2.05) is 38.4 Å². The lowest BCUT2D eigenvalue weighted by atomic mass is 9.85. The van der Waals surface area contributed by atoms with Crippen molar-refractivity contribution in [3.8, 4) is 0 Å². The summed E-state index contributed by atoms with van der Waals surface area (Å²) < 4.78 is 0. The second-order valence-electron chi connectivity index (χ2n) is 5.62. The van der Waals surface area contributed by atoms with Gasteiger partial charge in [-0.3, -0.25) is 4.79 Å². The van der Waals surface area contributed by atoms with Gasteiger partial charge in [0.2, 0.25) is 0 Å². The summed E-state index contributed by atoms with van der Waals surface area (Å²) in [6.45, 7) is 0. The zero-order valence-electron chi connectivity index (χ0n) is 12.5. The molecule has 0 spiro atoms. The Hall–Kier alpha value is -2.35. The highest BCUT2D eigenvalue weighted by Crippen LogP contribution is 2.30. The lowest BCUT2D eigenvalue weighted by Gasteiger charge is -2.18. The van der Waals surface area contributed by atoms with Crippen LogP contribution in [-0.2, 0) is 11.2 Å². The molecule has 3 rings (SSSR count). The molecule has 0 amide bonds. The zero-order chi connectivity index (χ0) is 14.8. The fourth-order valence-electron chi connectivity index (χ4n) is 2.73.